The predicted octanol–water partition coefficient (Wildman–Crippen LogP) is 1.72. The van der Waals surface area contributed by atoms with Crippen molar-refractivity contribution in [3.63, 3.8) is 0 Å². The highest BCUT2D eigenvalue weighted by atomic mass is 28.3. The Kier molecular flexibility index (Phi) is 2.92. The fourth-order valence-electron chi connectivity index (χ4n) is 0.447. The first-order valence-electron chi connectivity index (χ1n) is 2.45. The van der Waals surface area contributed by atoms with Crippen LogP contribution in [-0.2, 0) is 0 Å². The summed E-state index contributed by atoms with van der Waals surface area (Å²) in [7, 11) is -0.346. The first kappa shape index (κ1) is 6.89. The van der Waals surface area contributed by atoms with Crippen LogP contribution in [0.15, 0.2) is 4.66 Å². The molecule has 0 spiro atoms. The molecule has 2 heteroatoms. The summed E-state index contributed by atoms with van der Waals surface area (Å²) < 4.78 is 4.30. The van der Waals surface area contributed by atoms with Crippen molar-refractivity contribution < 1.29 is 0 Å². The molecule has 0 fully saturated rings. The average Bonchev–Trinajstić information content (AvgIpc) is 1.27. The van der Waals surface area contributed by atoms with Gasteiger partial charge in [-0.2, -0.15) is 0 Å². The molecule has 0 aromatic heterocycles. The van der Waals surface area contributed by atoms with Gasteiger partial charge in [-0.15, -0.1) is 0 Å². The predicted molar refractivity (Wildman–Crippen MR) is 36.3 cm³/mol. The molecule has 0 aliphatic carbocycles. The molecule has 0 amide bonds. The Morgan fingerprint density at radius 1 is 1.29 bits per heavy atom. The summed E-state index contributed by atoms with van der Waals surface area (Å²) in [6, 6.07) is 0. The van der Waals surface area contributed by atoms with E-state index in [9.17, 15) is 0 Å². The van der Waals surface area contributed by atoms with E-state index in [0.29, 0.717) is 0 Å². The van der Waals surface area contributed by atoms with Crippen LogP contribution in [0.25, 0.3) is 0 Å². The van der Waals surface area contributed by atoms with E-state index in [1.54, 1.807) is 0 Å². The minimum Gasteiger partial charge on any atom is -0.332 e. The van der Waals surface area contributed by atoms with Gasteiger partial charge < -0.3 is 4.66 Å². The fraction of sp³-hybridized carbons (Fsp3) is 0.800. The summed E-state index contributed by atoms with van der Waals surface area (Å²) >= 11 is 0. The Hall–Kier alpha value is -0.113. The van der Waals surface area contributed by atoms with Gasteiger partial charge in [-0.25, -0.2) is 0 Å². The van der Waals surface area contributed by atoms with Gasteiger partial charge in [-0.05, 0) is 19.6 Å². The van der Waals surface area contributed by atoms with Crippen molar-refractivity contribution in [2.24, 2.45) is 4.66 Å². The van der Waals surface area contributed by atoms with Crippen molar-refractivity contribution >= 4 is 14.7 Å². The molecular weight excluding hydrogens is 102 g/mol. The van der Waals surface area contributed by atoms with E-state index >= 15 is 0 Å². The number of nitrogens with zero attached hydrogens (tertiary/aromatic N) is 1. The van der Waals surface area contributed by atoms with E-state index < -0.39 is 0 Å². The highest BCUT2D eigenvalue weighted by Crippen LogP contribution is 1.81. The van der Waals surface area contributed by atoms with Crippen molar-refractivity contribution in [3.05, 3.63) is 0 Å². The molecule has 0 saturated heterocycles. The zero-order valence-corrected chi connectivity index (χ0v) is 6.45. The van der Waals surface area contributed by atoms with Gasteiger partial charge in [0.15, 0.2) is 8.96 Å². The maximum Gasteiger partial charge on any atom is 0.189 e. The summed E-state index contributed by atoms with van der Waals surface area (Å²) in [6.07, 6.45) is 0. The van der Waals surface area contributed by atoms with Gasteiger partial charge in [0.25, 0.3) is 0 Å². The second-order valence-corrected chi connectivity index (χ2v) is 4.12. The molecule has 7 heavy (non-hydrogen) atoms. The smallest absolute Gasteiger partial charge is 0.189 e. The second kappa shape index (κ2) is 2.96. The Labute approximate surface area is 47.2 Å². The molecule has 0 bridgehead atoms. The summed E-state index contributed by atoms with van der Waals surface area (Å²) in [6.45, 7) is 8.44. The first-order valence-corrected chi connectivity index (χ1v) is 4.89. The maximum atomic E-state index is 4.30. The van der Waals surface area contributed by atoms with Crippen LogP contribution in [-0.4, -0.2) is 14.7 Å². The van der Waals surface area contributed by atoms with E-state index in [2.05, 4.69) is 17.8 Å². The molecule has 0 aliphatic heterocycles. The quantitative estimate of drug-likeness (QED) is 0.363. The molecule has 0 aromatic rings. The molecule has 41 valence electrons. The third-order valence-electron chi connectivity index (χ3n) is 0.447. The molecular formula is C5H12NSi. The summed E-state index contributed by atoms with van der Waals surface area (Å²) in [5.41, 5.74) is 1.21. The highest BCUT2D eigenvalue weighted by Gasteiger charge is 1.87. The lowest BCUT2D eigenvalue weighted by Crippen LogP contribution is -1.97. The monoisotopic (exact) mass is 114 g/mol. The van der Waals surface area contributed by atoms with Gasteiger partial charge in [-0.3, -0.25) is 0 Å². The molecule has 0 rings (SSSR count). The maximum absolute atomic E-state index is 4.30. The Morgan fingerprint density at radius 3 is 1.71 bits per heavy atom. The van der Waals surface area contributed by atoms with Crippen LogP contribution in [0.4, 0.5) is 0 Å². The van der Waals surface area contributed by atoms with Crippen molar-refractivity contribution in [2.75, 3.05) is 0 Å². The molecule has 0 saturated carbocycles. The molecule has 1 radical (unpaired) electrons. The van der Waals surface area contributed by atoms with Crippen LogP contribution in [0.2, 0.25) is 13.1 Å². The third kappa shape index (κ3) is 5.89. The number of hydrogen-bond donors (Lipinski definition) is 0. The lowest BCUT2D eigenvalue weighted by molar-refractivity contribution is 1.59. The molecule has 0 unspecified atom stereocenters. The van der Waals surface area contributed by atoms with E-state index in [1.807, 2.05) is 13.8 Å². The highest BCUT2D eigenvalue weighted by molar-refractivity contribution is 6.55. The summed E-state index contributed by atoms with van der Waals surface area (Å²) in [5, 5.41) is 0. The van der Waals surface area contributed by atoms with Crippen molar-refractivity contribution in [1.82, 2.24) is 0 Å². The summed E-state index contributed by atoms with van der Waals surface area (Å²) in [5.74, 6) is 0. The fourth-order valence-corrected chi connectivity index (χ4v) is 1.34. The number of rotatable bonds is 1. The standard InChI is InChI=1S/C5H12NSi/c1-5(2)6-7(3)4/h1-4H3. The molecule has 0 aromatic carbocycles. The van der Waals surface area contributed by atoms with Crippen molar-refractivity contribution in [2.45, 2.75) is 26.9 Å². The van der Waals surface area contributed by atoms with Crippen LogP contribution >= 0.6 is 0 Å². The largest absolute Gasteiger partial charge is 0.332 e. The van der Waals surface area contributed by atoms with Crippen molar-refractivity contribution in [1.29, 1.82) is 0 Å². The van der Waals surface area contributed by atoms with Crippen LogP contribution < -0.4 is 0 Å². The normalized spacial score (nSPS) is 9.29. The molecule has 0 aliphatic rings. The van der Waals surface area contributed by atoms with Gasteiger partial charge in [0.2, 0.25) is 0 Å². The molecule has 0 heterocycles. The average molecular weight is 114 g/mol. The Bertz CT molecular complexity index is 72.1. The van der Waals surface area contributed by atoms with Gasteiger partial charge in [0.05, 0.1) is 0 Å². The summed E-state index contributed by atoms with van der Waals surface area (Å²) in [4.78, 5) is 0. The topological polar surface area (TPSA) is 12.4 Å². The first-order chi connectivity index (χ1) is 3.13. The lowest BCUT2D eigenvalue weighted by Gasteiger charge is -1.91. The Balaban J connectivity index is 3.45. The van der Waals surface area contributed by atoms with Gasteiger partial charge >= 0.3 is 0 Å². The van der Waals surface area contributed by atoms with Crippen LogP contribution in [0.5, 0.6) is 0 Å². The van der Waals surface area contributed by atoms with Crippen LogP contribution in [0.1, 0.15) is 13.8 Å². The third-order valence-corrected chi connectivity index (χ3v) is 1.34. The zero-order valence-electron chi connectivity index (χ0n) is 5.45. The molecule has 0 N–H and O–H groups in total. The molecule has 0 atom stereocenters. The SMILES string of the molecule is CC(C)=N[Si](C)C. The van der Waals surface area contributed by atoms with E-state index in [0.717, 1.165) is 0 Å². The number of hydrogen-bond acceptors (Lipinski definition) is 1. The van der Waals surface area contributed by atoms with Gasteiger partial charge in [0.1, 0.15) is 0 Å². The van der Waals surface area contributed by atoms with Crippen LogP contribution in [0, 0.1) is 0 Å². The lowest BCUT2D eigenvalue weighted by atomic mass is 10.5. The second-order valence-electron chi connectivity index (χ2n) is 2.01. The van der Waals surface area contributed by atoms with E-state index in [1.165, 1.54) is 5.71 Å². The van der Waals surface area contributed by atoms with Gasteiger partial charge in [0, 0.05) is 0 Å². The zero-order chi connectivity index (χ0) is 5.86. The van der Waals surface area contributed by atoms with Gasteiger partial charge in [-0.1, -0.05) is 13.1 Å². The minimum atomic E-state index is -0.346. The minimum absolute atomic E-state index is 0.346. The van der Waals surface area contributed by atoms with Crippen LogP contribution in [0.3, 0.4) is 0 Å². The van der Waals surface area contributed by atoms with Crippen molar-refractivity contribution in [3.8, 4) is 0 Å². The van der Waals surface area contributed by atoms with E-state index in [-0.39, 0.29) is 8.96 Å². The Morgan fingerprint density at radius 2 is 1.71 bits per heavy atom. The van der Waals surface area contributed by atoms with E-state index in [4.69, 9.17) is 0 Å². The molecule has 1 nitrogen and oxygen atoms in total.